The van der Waals surface area contributed by atoms with Gasteiger partial charge in [0.15, 0.2) is 5.54 Å². The van der Waals surface area contributed by atoms with Gasteiger partial charge in [-0.25, -0.2) is 4.39 Å². The highest BCUT2D eigenvalue weighted by Crippen LogP contribution is 2.50. The van der Waals surface area contributed by atoms with Gasteiger partial charge in [-0.1, -0.05) is 0 Å². The molecule has 2 N–H and O–H groups in total. The molecule has 0 radical (unpaired) electrons. The van der Waals surface area contributed by atoms with E-state index in [-0.39, 0.29) is 34.5 Å². The first kappa shape index (κ1) is 26.6. The molecule has 16 heteroatoms. The van der Waals surface area contributed by atoms with Crippen LogP contribution in [0, 0.1) is 5.82 Å². The summed E-state index contributed by atoms with van der Waals surface area (Å²) in [6, 6.07) is 4.00. The number of hydrogen-bond acceptors (Lipinski definition) is 6. The van der Waals surface area contributed by atoms with Crippen LogP contribution in [0.2, 0.25) is 0 Å². The quantitative estimate of drug-likeness (QED) is 0.311. The molecule has 1 aliphatic heterocycles. The summed E-state index contributed by atoms with van der Waals surface area (Å²) in [5.74, 6) is -3.11. The monoisotopic (exact) mass is 559 g/mol. The van der Waals surface area contributed by atoms with Crippen molar-refractivity contribution in [3.63, 3.8) is 0 Å². The first-order valence-corrected chi connectivity index (χ1v) is 11.8. The second-order valence-electron chi connectivity index (χ2n) is 9.24. The predicted octanol–water partition coefficient (Wildman–Crippen LogP) is 4.48. The molecule has 5 rings (SSSR count). The molecule has 1 aromatic carbocycles. The first-order chi connectivity index (χ1) is 18.4. The Morgan fingerprint density at radius 3 is 2.51 bits per heavy atom. The van der Waals surface area contributed by atoms with Crippen molar-refractivity contribution in [2.24, 2.45) is 0 Å². The van der Waals surface area contributed by atoms with Crippen molar-refractivity contribution in [2.75, 3.05) is 6.61 Å². The molecule has 1 unspecified atom stereocenters. The molecule has 3 heterocycles. The molecule has 0 bridgehead atoms. The molecule has 1 amide bonds. The van der Waals surface area contributed by atoms with Crippen LogP contribution in [0.1, 0.15) is 55.2 Å². The number of tetrazole rings is 1. The molecular weight excluding hydrogens is 539 g/mol. The average molecular weight is 559 g/mol. The summed E-state index contributed by atoms with van der Waals surface area (Å²) < 4.78 is 103. The molecule has 1 saturated carbocycles. The maximum absolute atomic E-state index is 15.3. The molecule has 2 aliphatic rings. The smallest absolute Gasteiger partial charge is 0.416 e. The van der Waals surface area contributed by atoms with Crippen LogP contribution in [0.25, 0.3) is 11.1 Å². The highest BCUT2D eigenvalue weighted by molar-refractivity contribution is 6.27. The van der Waals surface area contributed by atoms with Gasteiger partial charge in [0.2, 0.25) is 5.82 Å². The molecule has 39 heavy (non-hydrogen) atoms. The Balaban J connectivity index is 1.53. The molecule has 1 atom stereocenters. The number of rotatable bonds is 8. The summed E-state index contributed by atoms with van der Waals surface area (Å²) in [5.41, 5.74) is -4.51. The minimum Gasteiger partial charge on any atom is -0.493 e. The lowest BCUT2D eigenvalue weighted by Crippen LogP contribution is -2.59. The number of benzene rings is 1. The van der Waals surface area contributed by atoms with E-state index in [1.54, 1.807) is 10.9 Å². The van der Waals surface area contributed by atoms with Gasteiger partial charge in [0, 0.05) is 30.7 Å². The lowest BCUT2D eigenvalue weighted by atomic mass is 9.77. The first-order valence-electron chi connectivity index (χ1n) is 11.8. The van der Waals surface area contributed by atoms with Crippen LogP contribution in [-0.4, -0.2) is 55.3 Å². The van der Waals surface area contributed by atoms with Gasteiger partial charge >= 0.3 is 12.4 Å². The van der Waals surface area contributed by atoms with Crippen molar-refractivity contribution in [1.29, 1.82) is 0 Å². The third-order valence-corrected chi connectivity index (χ3v) is 6.46. The Morgan fingerprint density at radius 1 is 1.13 bits per heavy atom. The largest absolute Gasteiger partial charge is 0.493 e. The third-order valence-electron chi connectivity index (χ3n) is 6.46. The summed E-state index contributed by atoms with van der Waals surface area (Å²) in [7, 11) is 0. The number of nitrogens with zero attached hydrogens (tertiary/aromatic N) is 5. The zero-order valence-corrected chi connectivity index (χ0v) is 19.9. The number of ether oxygens (including phenoxy) is 1. The number of nitrogens with one attached hydrogen (secondary N) is 2. The topological polar surface area (TPSA) is 111 Å². The van der Waals surface area contributed by atoms with Crippen molar-refractivity contribution in [2.45, 2.75) is 56.0 Å². The second kappa shape index (κ2) is 9.64. The molecule has 1 fully saturated rings. The number of hydrogen-bond donors (Lipinski definition) is 2. The van der Waals surface area contributed by atoms with Gasteiger partial charge in [-0.3, -0.25) is 9.48 Å². The summed E-state index contributed by atoms with van der Waals surface area (Å²) in [6.45, 7) is -0.427. The fourth-order valence-corrected chi connectivity index (χ4v) is 4.44. The van der Waals surface area contributed by atoms with E-state index in [1.165, 1.54) is 6.07 Å². The van der Waals surface area contributed by atoms with Gasteiger partial charge in [-0.15, -0.1) is 10.2 Å². The van der Waals surface area contributed by atoms with Crippen LogP contribution in [0.4, 0.5) is 30.7 Å². The molecule has 2 aromatic heterocycles. The minimum absolute atomic E-state index is 0.0650. The Kier molecular flexibility index (Phi) is 6.58. The summed E-state index contributed by atoms with van der Waals surface area (Å²) in [6.07, 6.45) is -8.82. The van der Waals surface area contributed by atoms with E-state index in [0.717, 1.165) is 25.0 Å². The number of alkyl halides is 6. The van der Waals surface area contributed by atoms with E-state index >= 15 is 4.39 Å². The standard InChI is InChI=1S/C23H20F7N7O2/c24-16-10-13(39-9-1-7-22(25,26)27)4-5-15(16)21(23(28,29)30)11-14(17-6-8-37(34-17)12-2-3-12)18(20(38)31-21)19-32-35-36-33-19/h4-6,8,10,12H,1-3,7,9,11H2,(H,31,38)(H,32,33,35,36). The van der Waals surface area contributed by atoms with E-state index in [9.17, 15) is 31.1 Å². The van der Waals surface area contributed by atoms with Crippen molar-refractivity contribution >= 4 is 17.1 Å². The Labute approximate surface area is 215 Å². The molecule has 0 spiro atoms. The number of aromatic amines is 1. The van der Waals surface area contributed by atoms with Crippen LogP contribution < -0.4 is 10.1 Å². The summed E-state index contributed by atoms with van der Waals surface area (Å²) in [5, 5.41) is 19.3. The van der Waals surface area contributed by atoms with Crippen molar-refractivity contribution < 1.29 is 40.3 Å². The maximum atomic E-state index is 15.3. The van der Waals surface area contributed by atoms with Crippen LogP contribution in [0.5, 0.6) is 5.75 Å². The normalized spacial score (nSPS) is 20.3. The number of aromatic nitrogens is 6. The molecule has 9 nitrogen and oxygen atoms in total. The van der Waals surface area contributed by atoms with Gasteiger partial charge in [0.05, 0.1) is 23.9 Å². The molecule has 208 valence electrons. The maximum Gasteiger partial charge on any atom is 0.416 e. The van der Waals surface area contributed by atoms with E-state index in [0.29, 0.717) is 6.07 Å². The van der Waals surface area contributed by atoms with E-state index in [2.05, 4.69) is 25.7 Å². The number of halogens is 7. The Morgan fingerprint density at radius 2 is 1.90 bits per heavy atom. The van der Waals surface area contributed by atoms with E-state index in [4.69, 9.17) is 4.74 Å². The summed E-state index contributed by atoms with van der Waals surface area (Å²) >= 11 is 0. The van der Waals surface area contributed by atoms with Crippen LogP contribution in [0.3, 0.4) is 0 Å². The van der Waals surface area contributed by atoms with Crippen LogP contribution in [-0.2, 0) is 10.3 Å². The van der Waals surface area contributed by atoms with Crippen LogP contribution in [0.15, 0.2) is 30.5 Å². The van der Waals surface area contributed by atoms with Crippen molar-refractivity contribution in [3.8, 4) is 5.75 Å². The second-order valence-corrected chi connectivity index (χ2v) is 9.24. The molecule has 0 saturated heterocycles. The lowest BCUT2D eigenvalue weighted by Gasteiger charge is -2.41. The Hall–Kier alpha value is -3.98. The predicted molar refractivity (Wildman–Crippen MR) is 119 cm³/mol. The van der Waals surface area contributed by atoms with Gasteiger partial charge in [0.25, 0.3) is 5.91 Å². The molecule has 1 aliphatic carbocycles. The summed E-state index contributed by atoms with van der Waals surface area (Å²) in [4.78, 5) is 13.2. The third kappa shape index (κ3) is 5.31. The number of carbonyl (C=O) groups is 1. The average Bonchev–Trinajstić information content (AvgIpc) is 3.33. The van der Waals surface area contributed by atoms with E-state index < -0.39 is 61.0 Å². The van der Waals surface area contributed by atoms with Crippen molar-refractivity contribution in [1.82, 2.24) is 35.7 Å². The molecule has 3 aromatic rings. The van der Waals surface area contributed by atoms with Gasteiger partial charge in [0.1, 0.15) is 11.6 Å². The van der Waals surface area contributed by atoms with Gasteiger partial charge in [-0.05, 0) is 48.2 Å². The van der Waals surface area contributed by atoms with Gasteiger partial charge < -0.3 is 10.1 Å². The number of amides is 1. The highest BCUT2D eigenvalue weighted by Gasteiger charge is 2.61. The molecular formula is C23H20F7N7O2. The lowest BCUT2D eigenvalue weighted by molar-refractivity contribution is -0.202. The van der Waals surface area contributed by atoms with E-state index in [1.807, 2.05) is 5.32 Å². The Bertz CT molecular complexity index is 1390. The number of carbonyl (C=O) groups excluding carboxylic acids is 1. The zero-order chi connectivity index (χ0) is 28.0. The highest BCUT2D eigenvalue weighted by atomic mass is 19.4. The fraction of sp³-hybridized carbons (Fsp3) is 0.435. The van der Waals surface area contributed by atoms with Crippen LogP contribution >= 0.6 is 0 Å². The van der Waals surface area contributed by atoms with Crippen molar-refractivity contribution in [3.05, 3.63) is 53.4 Å². The van der Waals surface area contributed by atoms with Gasteiger partial charge in [-0.2, -0.15) is 36.7 Å². The SMILES string of the molecule is O=C1NC(c2ccc(OCCCC(F)(F)F)cc2F)(C(F)(F)F)CC(c2ccn(C3CC3)n2)=C1c1nn[nH]n1. The fourth-order valence-electron chi connectivity index (χ4n) is 4.44. The number of H-pyrrole nitrogens is 1. The zero-order valence-electron chi connectivity index (χ0n) is 19.9. The minimum atomic E-state index is -5.19.